The first kappa shape index (κ1) is 16.6. The molecule has 2 aromatic rings. The van der Waals surface area contributed by atoms with Crippen LogP contribution in [0.2, 0.25) is 0 Å². The molecule has 0 unspecified atom stereocenters. The van der Waals surface area contributed by atoms with E-state index in [2.05, 4.69) is 4.72 Å². The molecule has 1 fully saturated rings. The monoisotopic (exact) mass is 376 g/mol. The fourth-order valence-corrected chi connectivity index (χ4v) is 5.53. The number of anilines is 2. The summed E-state index contributed by atoms with van der Waals surface area (Å²) in [4.78, 5) is 15.3. The number of sulfonamides is 1. The lowest BCUT2D eigenvalue weighted by molar-refractivity contribution is -0.119. The van der Waals surface area contributed by atoms with Crippen LogP contribution in [-0.4, -0.2) is 20.9 Å². The Morgan fingerprint density at radius 2 is 2.04 bits per heavy atom. The van der Waals surface area contributed by atoms with E-state index in [1.54, 1.807) is 18.2 Å². The maximum absolute atomic E-state index is 12.5. The predicted molar refractivity (Wildman–Crippen MR) is 99.7 cm³/mol. The summed E-state index contributed by atoms with van der Waals surface area (Å²) < 4.78 is 27.9. The van der Waals surface area contributed by atoms with Gasteiger partial charge in [-0.15, -0.1) is 11.3 Å². The van der Waals surface area contributed by atoms with E-state index in [1.165, 1.54) is 11.3 Å². The molecule has 0 spiro atoms. The molecule has 2 aliphatic rings. The third-order valence-corrected chi connectivity index (χ3v) is 7.50. The fourth-order valence-electron chi connectivity index (χ4n) is 3.20. The largest absolute Gasteiger partial charge is 0.312 e. The van der Waals surface area contributed by atoms with Crippen LogP contribution in [0.5, 0.6) is 0 Å². The van der Waals surface area contributed by atoms with Gasteiger partial charge in [0, 0.05) is 28.7 Å². The Balaban J connectivity index is 1.59. The van der Waals surface area contributed by atoms with Gasteiger partial charge >= 0.3 is 0 Å². The second kappa shape index (κ2) is 6.14. The molecule has 5 nitrogen and oxygen atoms in total. The second-order valence-electron chi connectivity index (χ2n) is 6.68. The minimum absolute atomic E-state index is 0.186. The van der Waals surface area contributed by atoms with Crippen molar-refractivity contribution in [2.24, 2.45) is 5.92 Å². The van der Waals surface area contributed by atoms with Crippen molar-refractivity contribution in [3.63, 3.8) is 0 Å². The molecule has 1 N–H and O–H groups in total. The lowest BCUT2D eigenvalue weighted by Gasteiger charge is -2.30. The van der Waals surface area contributed by atoms with Gasteiger partial charge in [0.25, 0.3) is 10.0 Å². The van der Waals surface area contributed by atoms with Gasteiger partial charge in [-0.25, -0.2) is 8.42 Å². The number of nitrogens with zero attached hydrogens (tertiary/aromatic N) is 1. The number of carbonyl (C=O) groups excluding carboxylic acids is 1. The van der Waals surface area contributed by atoms with Crippen LogP contribution in [0.3, 0.4) is 0 Å². The zero-order valence-electron chi connectivity index (χ0n) is 14.0. The SMILES string of the molecule is Cc1ccc(S(=O)(=O)Nc2ccc3c(c2)CCCN3C(=O)C2CC2)s1. The molecule has 25 heavy (non-hydrogen) atoms. The molecule has 1 aliphatic carbocycles. The highest BCUT2D eigenvalue weighted by atomic mass is 32.2. The van der Waals surface area contributed by atoms with E-state index >= 15 is 0 Å². The van der Waals surface area contributed by atoms with Crippen molar-refractivity contribution in [2.75, 3.05) is 16.2 Å². The molecule has 0 saturated heterocycles. The molecule has 1 aromatic heterocycles. The van der Waals surface area contributed by atoms with Gasteiger partial charge in [0.15, 0.2) is 0 Å². The van der Waals surface area contributed by atoms with Gasteiger partial charge in [0.2, 0.25) is 5.91 Å². The fraction of sp³-hybridized carbons (Fsp3) is 0.389. The van der Waals surface area contributed by atoms with Crippen LogP contribution >= 0.6 is 11.3 Å². The molecule has 0 bridgehead atoms. The van der Waals surface area contributed by atoms with Crippen molar-refractivity contribution >= 4 is 38.6 Å². The first-order valence-electron chi connectivity index (χ1n) is 8.47. The lowest BCUT2D eigenvalue weighted by Crippen LogP contribution is -2.36. The average molecular weight is 377 g/mol. The normalized spacial score (nSPS) is 17.2. The Kier molecular flexibility index (Phi) is 4.08. The summed E-state index contributed by atoms with van der Waals surface area (Å²) in [6.45, 7) is 2.63. The summed E-state index contributed by atoms with van der Waals surface area (Å²) >= 11 is 1.25. The van der Waals surface area contributed by atoms with E-state index in [0.29, 0.717) is 9.90 Å². The van der Waals surface area contributed by atoms with Gasteiger partial charge in [0.1, 0.15) is 4.21 Å². The predicted octanol–water partition coefficient (Wildman–Crippen LogP) is 3.55. The van der Waals surface area contributed by atoms with Crippen LogP contribution in [0.1, 0.15) is 29.7 Å². The van der Waals surface area contributed by atoms with E-state index in [4.69, 9.17) is 0 Å². The first-order valence-corrected chi connectivity index (χ1v) is 10.8. The lowest BCUT2D eigenvalue weighted by atomic mass is 10.0. The smallest absolute Gasteiger partial charge is 0.271 e. The standard InChI is InChI=1S/C18H20N2O3S2/c1-12-4-9-17(24-12)25(22,23)19-15-7-8-16-14(11-15)3-2-10-20(16)18(21)13-5-6-13/h4,7-9,11,13,19H,2-3,5-6,10H2,1H3. The topological polar surface area (TPSA) is 66.5 Å². The molecule has 1 amide bonds. The number of hydrogen-bond acceptors (Lipinski definition) is 4. The molecule has 0 atom stereocenters. The van der Waals surface area contributed by atoms with Crippen LogP contribution < -0.4 is 9.62 Å². The van der Waals surface area contributed by atoms with Crippen molar-refractivity contribution < 1.29 is 13.2 Å². The molecule has 1 aromatic carbocycles. The molecule has 4 rings (SSSR count). The molecule has 1 aliphatic heterocycles. The number of thiophene rings is 1. The summed E-state index contributed by atoms with van der Waals surface area (Å²) in [6, 6.07) is 8.89. The van der Waals surface area contributed by atoms with Gasteiger partial charge in [-0.2, -0.15) is 0 Å². The van der Waals surface area contributed by atoms with E-state index in [0.717, 1.165) is 48.4 Å². The summed E-state index contributed by atoms with van der Waals surface area (Å²) in [7, 11) is -3.56. The van der Waals surface area contributed by atoms with Crippen LogP contribution in [0.25, 0.3) is 0 Å². The Morgan fingerprint density at radius 3 is 2.72 bits per heavy atom. The van der Waals surface area contributed by atoms with Crippen LogP contribution in [0, 0.1) is 12.8 Å². The van der Waals surface area contributed by atoms with E-state index in [9.17, 15) is 13.2 Å². The highest BCUT2D eigenvalue weighted by molar-refractivity contribution is 7.94. The summed E-state index contributed by atoms with van der Waals surface area (Å²) in [5, 5.41) is 0. The number of fused-ring (bicyclic) bond motifs is 1. The van der Waals surface area contributed by atoms with Gasteiger partial charge in [0.05, 0.1) is 0 Å². The molecule has 7 heteroatoms. The van der Waals surface area contributed by atoms with Gasteiger partial charge in [-0.3, -0.25) is 9.52 Å². The Morgan fingerprint density at radius 1 is 1.24 bits per heavy atom. The summed E-state index contributed by atoms with van der Waals surface area (Å²) in [6.07, 6.45) is 3.74. The first-order chi connectivity index (χ1) is 11.9. The van der Waals surface area contributed by atoms with E-state index in [1.807, 2.05) is 24.0 Å². The third kappa shape index (κ3) is 3.30. The van der Waals surface area contributed by atoms with Crippen LogP contribution in [-0.2, 0) is 21.2 Å². The quantitative estimate of drug-likeness (QED) is 0.887. The zero-order chi connectivity index (χ0) is 17.6. The molecule has 2 heterocycles. The van der Waals surface area contributed by atoms with Crippen molar-refractivity contribution in [3.05, 3.63) is 40.8 Å². The summed E-state index contributed by atoms with van der Waals surface area (Å²) in [5.41, 5.74) is 2.51. The molecule has 0 radical (unpaired) electrons. The molecule has 132 valence electrons. The van der Waals surface area contributed by atoms with Gasteiger partial charge in [-0.1, -0.05) is 0 Å². The van der Waals surface area contributed by atoms with Crippen LogP contribution in [0.15, 0.2) is 34.5 Å². The highest BCUT2D eigenvalue weighted by Gasteiger charge is 2.35. The minimum Gasteiger partial charge on any atom is -0.312 e. The second-order valence-corrected chi connectivity index (χ2v) is 9.88. The summed E-state index contributed by atoms with van der Waals surface area (Å²) in [5.74, 6) is 0.398. The van der Waals surface area contributed by atoms with Gasteiger partial charge < -0.3 is 4.90 Å². The Labute approximate surface area is 151 Å². The maximum Gasteiger partial charge on any atom is 0.271 e. The Bertz CT molecular complexity index is 930. The number of benzene rings is 1. The molecular formula is C18H20N2O3S2. The minimum atomic E-state index is -3.56. The van der Waals surface area contributed by atoms with E-state index < -0.39 is 10.0 Å². The van der Waals surface area contributed by atoms with E-state index in [-0.39, 0.29) is 11.8 Å². The number of aryl methyl sites for hydroxylation is 2. The zero-order valence-corrected chi connectivity index (χ0v) is 15.6. The highest BCUT2D eigenvalue weighted by Crippen LogP contribution is 2.37. The number of carbonyl (C=O) groups is 1. The number of nitrogens with one attached hydrogen (secondary N) is 1. The number of hydrogen-bond donors (Lipinski definition) is 1. The number of amides is 1. The van der Waals surface area contributed by atoms with Crippen LogP contribution in [0.4, 0.5) is 11.4 Å². The molecular weight excluding hydrogens is 356 g/mol. The number of rotatable bonds is 4. The Hall–Kier alpha value is -1.86. The van der Waals surface area contributed by atoms with Crippen molar-refractivity contribution in [2.45, 2.75) is 36.8 Å². The molecule has 1 saturated carbocycles. The van der Waals surface area contributed by atoms with Crippen molar-refractivity contribution in [1.29, 1.82) is 0 Å². The third-order valence-electron chi connectivity index (χ3n) is 4.62. The van der Waals surface area contributed by atoms with Crippen molar-refractivity contribution in [1.82, 2.24) is 0 Å². The average Bonchev–Trinajstić information content (AvgIpc) is 3.33. The maximum atomic E-state index is 12.5. The van der Waals surface area contributed by atoms with Gasteiger partial charge in [-0.05, 0) is 68.5 Å². The van der Waals surface area contributed by atoms with Crippen molar-refractivity contribution in [3.8, 4) is 0 Å².